The fourth-order valence-corrected chi connectivity index (χ4v) is 2.96. The van der Waals surface area contributed by atoms with Crippen molar-refractivity contribution < 1.29 is 23.4 Å². The summed E-state index contributed by atoms with van der Waals surface area (Å²) in [6.07, 6.45) is 0.687. The van der Waals surface area contributed by atoms with E-state index in [2.05, 4.69) is 0 Å². The van der Waals surface area contributed by atoms with Crippen LogP contribution in [0.5, 0.6) is 5.75 Å². The molecule has 6 nitrogen and oxygen atoms in total. The molecule has 1 fully saturated rings. The second-order valence-corrected chi connectivity index (χ2v) is 6.00. The van der Waals surface area contributed by atoms with E-state index in [1.165, 1.54) is 0 Å². The van der Waals surface area contributed by atoms with E-state index < -0.39 is 0 Å². The lowest BCUT2D eigenvalue weighted by Gasteiger charge is -2.32. The smallest absolute Gasteiger partial charge is 0.289 e. The molecule has 6 heteroatoms. The van der Waals surface area contributed by atoms with Gasteiger partial charge in [0.1, 0.15) is 18.1 Å². The quantitative estimate of drug-likeness (QED) is 0.805. The Kier molecular flexibility index (Phi) is 5.73. The number of carbonyl (C=O) groups is 1. The Morgan fingerprint density at radius 1 is 1.28 bits per heavy atom. The van der Waals surface area contributed by atoms with Crippen molar-refractivity contribution in [3.8, 4) is 5.75 Å². The van der Waals surface area contributed by atoms with E-state index in [9.17, 15) is 4.79 Å². The van der Waals surface area contributed by atoms with Gasteiger partial charge in [-0.2, -0.15) is 0 Å². The lowest BCUT2D eigenvalue weighted by molar-refractivity contribution is -0.0218. The van der Waals surface area contributed by atoms with Gasteiger partial charge < -0.3 is 23.5 Å². The summed E-state index contributed by atoms with van der Waals surface area (Å²) in [4.78, 5) is 14.4. The van der Waals surface area contributed by atoms with Gasteiger partial charge in [0, 0.05) is 26.6 Å². The first-order valence-corrected chi connectivity index (χ1v) is 8.31. The Hall–Kier alpha value is -2.31. The standard InChI is InChI=1S/C19H23NO5/c1-22-13-16-6-7-18(25-16)19(21)20-8-9-24-17(12-20)11-14-4-3-5-15(10-14)23-2/h3-7,10,17H,8-9,11-13H2,1-2H3. The molecule has 2 heterocycles. The Labute approximate surface area is 147 Å². The normalized spacial score (nSPS) is 17.5. The lowest BCUT2D eigenvalue weighted by atomic mass is 10.1. The Morgan fingerprint density at radius 3 is 2.96 bits per heavy atom. The van der Waals surface area contributed by atoms with E-state index in [0.717, 1.165) is 17.7 Å². The van der Waals surface area contributed by atoms with Crippen LogP contribution in [0.1, 0.15) is 21.9 Å². The minimum atomic E-state index is -0.110. The summed E-state index contributed by atoms with van der Waals surface area (Å²) in [6.45, 7) is 1.98. The molecule has 3 rings (SSSR count). The van der Waals surface area contributed by atoms with Crippen molar-refractivity contribution in [3.05, 3.63) is 53.5 Å². The third-order valence-electron chi connectivity index (χ3n) is 4.18. The molecule has 1 aromatic carbocycles. The number of benzene rings is 1. The van der Waals surface area contributed by atoms with Gasteiger partial charge in [0.2, 0.25) is 0 Å². The van der Waals surface area contributed by atoms with E-state index in [0.29, 0.717) is 37.8 Å². The van der Waals surface area contributed by atoms with Crippen LogP contribution in [-0.4, -0.2) is 50.8 Å². The van der Waals surface area contributed by atoms with E-state index in [4.69, 9.17) is 18.6 Å². The highest BCUT2D eigenvalue weighted by molar-refractivity contribution is 5.91. The molecule has 0 spiro atoms. The van der Waals surface area contributed by atoms with Crippen LogP contribution in [0.25, 0.3) is 0 Å². The molecule has 25 heavy (non-hydrogen) atoms. The summed E-state index contributed by atoms with van der Waals surface area (Å²) in [5.41, 5.74) is 1.12. The minimum Gasteiger partial charge on any atom is -0.497 e. The van der Waals surface area contributed by atoms with Crippen molar-refractivity contribution in [2.45, 2.75) is 19.1 Å². The minimum absolute atomic E-state index is 0.0433. The van der Waals surface area contributed by atoms with E-state index >= 15 is 0 Å². The molecule has 0 bridgehead atoms. The maximum atomic E-state index is 12.6. The number of ether oxygens (including phenoxy) is 3. The SMILES string of the molecule is COCc1ccc(C(=O)N2CCOC(Cc3cccc(OC)c3)C2)o1. The lowest BCUT2D eigenvalue weighted by Crippen LogP contribution is -2.46. The molecule has 0 saturated carbocycles. The van der Waals surface area contributed by atoms with Gasteiger partial charge in [-0.15, -0.1) is 0 Å². The van der Waals surface area contributed by atoms with E-state index in [1.54, 1.807) is 31.3 Å². The molecule has 0 N–H and O–H groups in total. The molecular weight excluding hydrogens is 322 g/mol. The molecule has 134 valence electrons. The van der Waals surface area contributed by atoms with E-state index in [1.807, 2.05) is 24.3 Å². The predicted octanol–water partition coefficient (Wildman–Crippen LogP) is 2.52. The van der Waals surface area contributed by atoms with Crippen LogP contribution in [0, 0.1) is 0 Å². The Morgan fingerprint density at radius 2 is 2.16 bits per heavy atom. The second kappa shape index (κ2) is 8.18. The molecule has 1 amide bonds. The maximum absolute atomic E-state index is 12.6. The zero-order chi connectivity index (χ0) is 17.6. The van der Waals surface area contributed by atoms with Gasteiger partial charge in [0.15, 0.2) is 5.76 Å². The monoisotopic (exact) mass is 345 g/mol. The van der Waals surface area contributed by atoms with Gasteiger partial charge in [-0.25, -0.2) is 0 Å². The number of furan rings is 1. The van der Waals surface area contributed by atoms with Crippen molar-refractivity contribution in [1.29, 1.82) is 0 Å². The number of rotatable bonds is 6. The first-order valence-electron chi connectivity index (χ1n) is 8.31. The highest BCUT2D eigenvalue weighted by atomic mass is 16.5. The summed E-state index contributed by atoms with van der Waals surface area (Å²) >= 11 is 0. The molecule has 0 aliphatic carbocycles. The largest absolute Gasteiger partial charge is 0.497 e. The first-order chi connectivity index (χ1) is 12.2. The number of hydrogen-bond acceptors (Lipinski definition) is 5. The van der Waals surface area contributed by atoms with Crippen LogP contribution in [-0.2, 0) is 22.5 Å². The summed E-state index contributed by atoms with van der Waals surface area (Å²) in [5, 5.41) is 0. The topological polar surface area (TPSA) is 61.1 Å². The first kappa shape index (κ1) is 17.5. The van der Waals surface area contributed by atoms with Crippen molar-refractivity contribution in [2.75, 3.05) is 33.9 Å². The summed E-state index contributed by atoms with van der Waals surface area (Å²) in [6, 6.07) is 11.4. The van der Waals surface area contributed by atoms with Crippen molar-refractivity contribution in [1.82, 2.24) is 4.90 Å². The van der Waals surface area contributed by atoms with Crippen molar-refractivity contribution in [3.63, 3.8) is 0 Å². The molecule has 0 radical (unpaired) electrons. The molecule has 1 aliphatic heterocycles. The van der Waals surface area contributed by atoms with Gasteiger partial charge in [-0.05, 0) is 29.8 Å². The van der Waals surface area contributed by atoms with Gasteiger partial charge in [0.25, 0.3) is 5.91 Å². The molecule has 1 aliphatic rings. The fraction of sp³-hybridized carbons (Fsp3) is 0.421. The average Bonchev–Trinajstić information content (AvgIpc) is 3.10. The molecule has 2 aromatic rings. The van der Waals surface area contributed by atoms with Crippen LogP contribution >= 0.6 is 0 Å². The van der Waals surface area contributed by atoms with Crippen LogP contribution in [0.4, 0.5) is 0 Å². The van der Waals surface area contributed by atoms with Crippen molar-refractivity contribution in [2.24, 2.45) is 0 Å². The van der Waals surface area contributed by atoms with Gasteiger partial charge >= 0.3 is 0 Å². The Bertz CT molecular complexity index is 711. The molecule has 1 aromatic heterocycles. The van der Waals surface area contributed by atoms with Crippen molar-refractivity contribution >= 4 is 5.91 Å². The van der Waals surface area contributed by atoms with Crippen LogP contribution in [0.2, 0.25) is 0 Å². The summed E-state index contributed by atoms with van der Waals surface area (Å²) in [5.74, 6) is 1.70. The van der Waals surface area contributed by atoms with Crippen LogP contribution in [0.15, 0.2) is 40.8 Å². The molecular formula is C19H23NO5. The van der Waals surface area contributed by atoms with Crippen LogP contribution in [0.3, 0.4) is 0 Å². The molecule has 1 unspecified atom stereocenters. The van der Waals surface area contributed by atoms with Gasteiger partial charge in [-0.3, -0.25) is 4.79 Å². The highest BCUT2D eigenvalue weighted by Gasteiger charge is 2.27. The number of nitrogens with zero attached hydrogens (tertiary/aromatic N) is 1. The average molecular weight is 345 g/mol. The number of methoxy groups -OCH3 is 2. The number of amides is 1. The number of carbonyl (C=O) groups excluding carboxylic acids is 1. The Balaban J connectivity index is 1.62. The second-order valence-electron chi connectivity index (χ2n) is 6.00. The fourth-order valence-electron chi connectivity index (χ4n) is 2.96. The third kappa shape index (κ3) is 4.41. The van der Waals surface area contributed by atoms with Gasteiger partial charge in [0.05, 0.1) is 19.8 Å². The zero-order valence-corrected chi connectivity index (χ0v) is 14.6. The molecule has 1 saturated heterocycles. The third-order valence-corrected chi connectivity index (χ3v) is 4.18. The zero-order valence-electron chi connectivity index (χ0n) is 14.6. The number of morpholine rings is 1. The van der Waals surface area contributed by atoms with Gasteiger partial charge in [-0.1, -0.05) is 12.1 Å². The van der Waals surface area contributed by atoms with E-state index in [-0.39, 0.29) is 12.0 Å². The molecule has 1 atom stereocenters. The summed E-state index contributed by atoms with van der Waals surface area (Å²) < 4.78 is 21.7. The highest BCUT2D eigenvalue weighted by Crippen LogP contribution is 2.19. The maximum Gasteiger partial charge on any atom is 0.289 e. The predicted molar refractivity (Wildman–Crippen MR) is 91.8 cm³/mol. The number of hydrogen-bond donors (Lipinski definition) is 0. The van der Waals surface area contributed by atoms with Crippen LogP contribution < -0.4 is 4.74 Å². The summed E-state index contributed by atoms with van der Waals surface area (Å²) in [7, 11) is 3.24.